The molecule has 0 aliphatic rings. The first-order valence-corrected chi connectivity index (χ1v) is 8.30. The highest BCUT2D eigenvalue weighted by molar-refractivity contribution is 6.35. The molecular weight excluding hydrogens is 333 g/mol. The van der Waals surface area contributed by atoms with Gasteiger partial charge in [0.25, 0.3) is 5.91 Å². The molecule has 0 bridgehead atoms. The number of ether oxygens (including phenoxy) is 1. The number of anilines is 1. The summed E-state index contributed by atoms with van der Waals surface area (Å²) < 4.78 is 5.55. The molecule has 0 spiro atoms. The van der Waals surface area contributed by atoms with Gasteiger partial charge in [0.05, 0.1) is 5.02 Å². The zero-order valence-corrected chi connectivity index (χ0v) is 14.5. The van der Waals surface area contributed by atoms with E-state index in [0.29, 0.717) is 22.3 Å². The van der Waals surface area contributed by atoms with E-state index in [0.717, 1.165) is 18.5 Å². The molecule has 0 saturated carbocycles. The van der Waals surface area contributed by atoms with Crippen molar-refractivity contribution in [3.8, 4) is 5.75 Å². The van der Waals surface area contributed by atoms with Crippen molar-refractivity contribution in [1.29, 1.82) is 0 Å². The number of nitrogens with zero attached hydrogens (tertiary/aromatic N) is 1. The lowest BCUT2D eigenvalue weighted by Gasteiger charge is -2.23. The van der Waals surface area contributed by atoms with Crippen molar-refractivity contribution in [3.05, 3.63) is 58.6 Å². The van der Waals surface area contributed by atoms with Crippen molar-refractivity contribution in [2.45, 2.75) is 19.8 Å². The molecule has 0 aliphatic heterocycles. The monoisotopic (exact) mass is 351 g/mol. The van der Waals surface area contributed by atoms with Crippen LogP contribution in [0.25, 0.3) is 0 Å². The Morgan fingerprint density at radius 1 is 1.13 bits per heavy atom. The van der Waals surface area contributed by atoms with Gasteiger partial charge in [-0.25, -0.2) is 0 Å². The summed E-state index contributed by atoms with van der Waals surface area (Å²) in [4.78, 5) is 14.3. The molecule has 0 aromatic heterocycles. The number of rotatable bonds is 7. The predicted octanol–water partition coefficient (Wildman–Crippen LogP) is 5.21. The minimum Gasteiger partial charge on any atom is -0.482 e. The molecule has 0 fully saturated rings. The highest BCUT2D eigenvalue weighted by Gasteiger charge is 2.16. The Morgan fingerprint density at radius 3 is 2.52 bits per heavy atom. The minimum absolute atomic E-state index is 0.0695. The molecule has 0 heterocycles. The number of hydrogen-bond acceptors (Lipinski definition) is 2. The number of unbranched alkanes of at least 4 members (excludes halogenated alkanes) is 1. The molecule has 23 heavy (non-hydrogen) atoms. The van der Waals surface area contributed by atoms with Crippen molar-refractivity contribution in [2.24, 2.45) is 0 Å². The van der Waals surface area contributed by atoms with Crippen LogP contribution in [0.1, 0.15) is 19.8 Å². The van der Waals surface area contributed by atoms with Gasteiger partial charge in [-0.15, -0.1) is 0 Å². The molecule has 0 radical (unpaired) electrons. The van der Waals surface area contributed by atoms with Gasteiger partial charge >= 0.3 is 0 Å². The molecule has 2 aromatic rings. The van der Waals surface area contributed by atoms with Crippen LogP contribution in [0, 0.1) is 0 Å². The van der Waals surface area contributed by atoms with Gasteiger partial charge in [0.15, 0.2) is 6.61 Å². The summed E-state index contributed by atoms with van der Waals surface area (Å²) in [7, 11) is 0. The highest BCUT2D eigenvalue weighted by Crippen LogP contribution is 2.27. The Hall–Kier alpha value is -1.71. The number of hydrogen-bond donors (Lipinski definition) is 0. The van der Waals surface area contributed by atoms with Crippen molar-refractivity contribution in [1.82, 2.24) is 0 Å². The van der Waals surface area contributed by atoms with E-state index in [9.17, 15) is 4.79 Å². The number of benzene rings is 2. The van der Waals surface area contributed by atoms with Gasteiger partial charge in [0, 0.05) is 17.3 Å². The third-order valence-corrected chi connectivity index (χ3v) is 3.88. The Kier molecular flexibility index (Phi) is 6.75. The second-order valence-electron chi connectivity index (χ2n) is 5.10. The van der Waals surface area contributed by atoms with E-state index < -0.39 is 0 Å². The van der Waals surface area contributed by atoms with Crippen LogP contribution in [-0.4, -0.2) is 19.1 Å². The molecule has 0 saturated heterocycles. The number of halogens is 2. The summed E-state index contributed by atoms with van der Waals surface area (Å²) in [6.45, 7) is 2.69. The lowest BCUT2D eigenvalue weighted by atomic mass is 10.2. The van der Waals surface area contributed by atoms with Crippen LogP contribution in [0.3, 0.4) is 0 Å². The van der Waals surface area contributed by atoms with Gasteiger partial charge < -0.3 is 9.64 Å². The van der Waals surface area contributed by atoms with Gasteiger partial charge in [-0.3, -0.25) is 4.79 Å². The van der Waals surface area contributed by atoms with Gasteiger partial charge in [-0.2, -0.15) is 0 Å². The van der Waals surface area contributed by atoms with Crippen LogP contribution < -0.4 is 9.64 Å². The fourth-order valence-corrected chi connectivity index (χ4v) is 2.59. The second-order valence-corrected chi connectivity index (χ2v) is 5.94. The quantitative estimate of drug-likeness (QED) is 0.685. The van der Waals surface area contributed by atoms with Crippen LogP contribution in [0.15, 0.2) is 48.5 Å². The van der Waals surface area contributed by atoms with E-state index in [2.05, 4.69) is 6.92 Å². The summed E-state index contributed by atoms with van der Waals surface area (Å²) in [5.74, 6) is 0.351. The maximum Gasteiger partial charge on any atom is 0.264 e. The average molecular weight is 352 g/mol. The van der Waals surface area contributed by atoms with Crippen LogP contribution in [0.2, 0.25) is 10.0 Å². The number of amides is 1. The molecule has 1 amide bonds. The van der Waals surface area contributed by atoms with Crippen molar-refractivity contribution >= 4 is 34.8 Å². The van der Waals surface area contributed by atoms with Crippen LogP contribution in [0.4, 0.5) is 5.69 Å². The summed E-state index contributed by atoms with van der Waals surface area (Å²) in [5.41, 5.74) is 0.872. The van der Waals surface area contributed by atoms with Crippen molar-refractivity contribution in [2.75, 3.05) is 18.1 Å². The average Bonchev–Trinajstić information content (AvgIpc) is 2.55. The summed E-state index contributed by atoms with van der Waals surface area (Å²) in [5, 5.41) is 0.924. The Bertz CT molecular complexity index is 647. The fraction of sp³-hybridized carbons (Fsp3) is 0.278. The maximum absolute atomic E-state index is 12.5. The molecule has 122 valence electrons. The number of carbonyl (C=O) groups excluding carboxylic acids is 1. The van der Waals surface area contributed by atoms with E-state index in [1.165, 1.54) is 0 Å². The highest BCUT2D eigenvalue weighted by atomic mass is 35.5. The zero-order chi connectivity index (χ0) is 16.7. The first kappa shape index (κ1) is 17.6. The predicted molar refractivity (Wildman–Crippen MR) is 95.7 cm³/mol. The number of carbonyl (C=O) groups is 1. The third kappa shape index (κ3) is 5.15. The smallest absolute Gasteiger partial charge is 0.264 e. The molecule has 0 atom stereocenters. The topological polar surface area (TPSA) is 29.5 Å². The molecule has 0 unspecified atom stereocenters. The van der Waals surface area contributed by atoms with Crippen LogP contribution in [0.5, 0.6) is 5.75 Å². The molecule has 2 aromatic carbocycles. The molecule has 3 nitrogen and oxygen atoms in total. The fourth-order valence-electron chi connectivity index (χ4n) is 2.13. The largest absolute Gasteiger partial charge is 0.482 e. The van der Waals surface area contributed by atoms with E-state index >= 15 is 0 Å². The lowest BCUT2D eigenvalue weighted by molar-refractivity contribution is -0.120. The van der Waals surface area contributed by atoms with E-state index in [1.54, 1.807) is 23.1 Å². The molecule has 2 rings (SSSR count). The van der Waals surface area contributed by atoms with Gasteiger partial charge in [-0.1, -0.05) is 54.7 Å². The molecule has 0 N–H and O–H groups in total. The number of para-hydroxylation sites is 1. The third-order valence-electron chi connectivity index (χ3n) is 3.35. The Balaban J connectivity index is 2.05. The molecule has 0 aliphatic carbocycles. The van der Waals surface area contributed by atoms with E-state index in [1.807, 2.05) is 30.3 Å². The van der Waals surface area contributed by atoms with Gasteiger partial charge in [0.1, 0.15) is 5.75 Å². The van der Waals surface area contributed by atoms with Gasteiger partial charge in [0.2, 0.25) is 0 Å². The Labute approximate surface area is 146 Å². The maximum atomic E-state index is 12.5. The molecular formula is C18H19Cl2NO2. The standard InChI is InChI=1S/C18H19Cl2NO2/c1-2-3-11-21(15-7-5-4-6-8-15)18(22)13-23-17-10-9-14(19)12-16(17)20/h4-10,12H,2-3,11,13H2,1H3. The minimum atomic E-state index is -0.101. The summed E-state index contributed by atoms with van der Waals surface area (Å²) in [6.07, 6.45) is 1.95. The normalized spacial score (nSPS) is 10.4. The van der Waals surface area contributed by atoms with Crippen molar-refractivity contribution < 1.29 is 9.53 Å². The van der Waals surface area contributed by atoms with Gasteiger partial charge in [-0.05, 0) is 36.8 Å². The summed E-state index contributed by atoms with van der Waals surface area (Å²) >= 11 is 11.9. The summed E-state index contributed by atoms with van der Waals surface area (Å²) in [6, 6.07) is 14.5. The SMILES string of the molecule is CCCCN(C(=O)COc1ccc(Cl)cc1Cl)c1ccccc1. The molecule has 5 heteroatoms. The van der Waals surface area contributed by atoms with Crippen LogP contribution >= 0.6 is 23.2 Å². The first-order chi connectivity index (χ1) is 11.1. The van der Waals surface area contributed by atoms with E-state index in [4.69, 9.17) is 27.9 Å². The lowest BCUT2D eigenvalue weighted by Crippen LogP contribution is -2.35. The first-order valence-electron chi connectivity index (χ1n) is 7.55. The van der Waals surface area contributed by atoms with Crippen LogP contribution in [-0.2, 0) is 4.79 Å². The Morgan fingerprint density at radius 2 is 1.87 bits per heavy atom. The second kappa shape index (κ2) is 8.80. The van der Waals surface area contributed by atoms with E-state index in [-0.39, 0.29) is 12.5 Å². The zero-order valence-electron chi connectivity index (χ0n) is 13.0. The van der Waals surface area contributed by atoms with Crippen molar-refractivity contribution in [3.63, 3.8) is 0 Å².